The normalized spacial score (nSPS) is 15.6. The van der Waals surface area contributed by atoms with Crippen LogP contribution in [0.4, 0.5) is 0 Å². The number of carbonyl (C=O) groups is 1. The summed E-state index contributed by atoms with van der Waals surface area (Å²) in [7, 11) is -2.50. The summed E-state index contributed by atoms with van der Waals surface area (Å²) in [6.07, 6.45) is 0.735. The van der Waals surface area contributed by atoms with E-state index in [1.165, 1.54) is 22.5 Å². The first-order chi connectivity index (χ1) is 19.2. The monoisotopic (exact) mass is 572 g/mol. The number of ether oxygens (including phenoxy) is 2. The van der Waals surface area contributed by atoms with Crippen molar-refractivity contribution in [1.82, 2.24) is 30.6 Å². The van der Waals surface area contributed by atoms with Gasteiger partial charge in [-0.3, -0.25) is 10.0 Å². The third-order valence-corrected chi connectivity index (χ3v) is 9.94. The van der Waals surface area contributed by atoms with E-state index >= 15 is 0 Å². The zero-order chi connectivity index (χ0) is 28.8. The number of tetrazole rings is 1. The molecule has 0 atom stereocenters. The Hall–Kier alpha value is -3.39. The second-order valence-electron chi connectivity index (χ2n) is 9.95. The summed E-state index contributed by atoms with van der Waals surface area (Å²) in [5, 5.41) is 22.1. The van der Waals surface area contributed by atoms with Gasteiger partial charge >= 0.3 is 0 Å². The number of benzene rings is 2. The predicted octanol–water partition coefficient (Wildman–Crippen LogP) is 2.19. The van der Waals surface area contributed by atoms with Crippen molar-refractivity contribution in [3.8, 4) is 17.1 Å². The number of rotatable bonds is 12. The van der Waals surface area contributed by atoms with Crippen molar-refractivity contribution in [3.05, 3.63) is 53.6 Å². The van der Waals surface area contributed by atoms with Crippen LogP contribution in [0.5, 0.6) is 5.75 Å². The maximum absolute atomic E-state index is 13.6. The molecule has 0 unspecified atom stereocenters. The van der Waals surface area contributed by atoms with Crippen molar-refractivity contribution in [1.29, 1.82) is 0 Å². The van der Waals surface area contributed by atoms with Crippen LogP contribution < -0.4 is 10.2 Å². The smallest absolute Gasteiger partial charge is 0.265 e. The van der Waals surface area contributed by atoms with Crippen molar-refractivity contribution in [2.75, 3.05) is 40.0 Å². The number of hydroxylamine groups is 1. The molecule has 1 aliphatic rings. The molecule has 0 aliphatic carbocycles. The van der Waals surface area contributed by atoms with Crippen LogP contribution in [0.1, 0.15) is 30.4 Å². The highest BCUT2D eigenvalue weighted by Gasteiger charge is 2.52. The van der Waals surface area contributed by atoms with E-state index in [2.05, 4.69) is 22.3 Å². The lowest BCUT2D eigenvalue weighted by molar-refractivity contribution is -0.133. The highest BCUT2D eigenvalue weighted by Crippen LogP contribution is 2.36. The molecule has 2 aromatic carbocycles. The first kappa shape index (κ1) is 29.6. The van der Waals surface area contributed by atoms with Crippen molar-refractivity contribution in [2.24, 2.45) is 0 Å². The molecule has 2 heterocycles. The van der Waals surface area contributed by atoms with Crippen LogP contribution in [0.15, 0.2) is 47.4 Å². The van der Waals surface area contributed by atoms with Crippen LogP contribution >= 0.6 is 0 Å². The minimum absolute atomic E-state index is 0.000483. The van der Waals surface area contributed by atoms with E-state index in [1.807, 2.05) is 30.0 Å². The van der Waals surface area contributed by atoms with Crippen LogP contribution in [0.3, 0.4) is 0 Å². The van der Waals surface area contributed by atoms with Crippen molar-refractivity contribution in [3.63, 3.8) is 0 Å². The van der Waals surface area contributed by atoms with Crippen LogP contribution in [0.25, 0.3) is 11.4 Å². The third-order valence-electron chi connectivity index (χ3n) is 7.43. The van der Waals surface area contributed by atoms with E-state index in [4.69, 9.17) is 9.47 Å². The average Bonchev–Trinajstić information content (AvgIpc) is 3.44. The minimum Gasteiger partial charge on any atom is -0.494 e. The molecular weight excluding hydrogens is 536 g/mol. The van der Waals surface area contributed by atoms with Gasteiger partial charge in [0.1, 0.15) is 5.75 Å². The highest BCUT2D eigenvalue weighted by molar-refractivity contribution is 7.93. The summed E-state index contributed by atoms with van der Waals surface area (Å²) in [6.45, 7) is 6.90. The van der Waals surface area contributed by atoms with Gasteiger partial charge in [0.15, 0.2) is 14.6 Å². The second-order valence-corrected chi connectivity index (χ2v) is 12.2. The first-order valence-corrected chi connectivity index (χ1v) is 14.7. The molecule has 0 radical (unpaired) electrons. The van der Waals surface area contributed by atoms with Gasteiger partial charge in [0.25, 0.3) is 5.91 Å². The van der Waals surface area contributed by atoms with Gasteiger partial charge in [-0.25, -0.2) is 13.9 Å². The quantitative estimate of drug-likeness (QED) is 0.188. The van der Waals surface area contributed by atoms with Gasteiger partial charge in [-0.05, 0) is 73.4 Å². The molecule has 2 N–H and O–H groups in total. The average molecular weight is 573 g/mol. The van der Waals surface area contributed by atoms with Crippen LogP contribution in [-0.4, -0.2) is 89.3 Å². The number of nitrogens with one attached hydrogen (secondary N) is 1. The Balaban J connectivity index is 1.33. The molecule has 1 aliphatic heterocycles. The minimum atomic E-state index is -4.10. The van der Waals surface area contributed by atoms with Gasteiger partial charge < -0.3 is 14.4 Å². The van der Waals surface area contributed by atoms with Gasteiger partial charge in [0.2, 0.25) is 5.82 Å². The Kier molecular flexibility index (Phi) is 9.51. The number of methoxy groups -OCH3 is 1. The number of likely N-dealkylation sites (tertiary alicyclic amines) is 1. The Bertz CT molecular complexity index is 1400. The van der Waals surface area contributed by atoms with E-state index < -0.39 is 20.5 Å². The zero-order valence-electron chi connectivity index (χ0n) is 23.0. The number of carbonyl (C=O) groups excluding carboxylic acids is 1. The topological polar surface area (TPSA) is 149 Å². The van der Waals surface area contributed by atoms with Gasteiger partial charge in [-0.1, -0.05) is 12.1 Å². The van der Waals surface area contributed by atoms with Gasteiger partial charge in [0, 0.05) is 38.7 Å². The molecule has 12 nitrogen and oxygen atoms in total. The van der Waals surface area contributed by atoms with Crippen LogP contribution in [-0.2, 0) is 25.9 Å². The fourth-order valence-electron chi connectivity index (χ4n) is 4.75. The Morgan fingerprint density at radius 2 is 1.77 bits per heavy atom. The number of piperidine rings is 1. The largest absolute Gasteiger partial charge is 0.494 e. The number of sulfone groups is 1. The molecule has 0 bridgehead atoms. The van der Waals surface area contributed by atoms with Gasteiger partial charge in [-0.2, -0.15) is 4.80 Å². The Morgan fingerprint density at radius 3 is 2.42 bits per heavy atom. The van der Waals surface area contributed by atoms with E-state index in [0.29, 0.717) is 57.4 Å². The van der Waals surface area contributed by atoms with Crippen molar-refractivity contribution >= 4 is 15.7 Å². The lowest BCUT2D eigenvalue weighted by Gasteiger charge is -2.39. The fourth-order valence-corrected chi connectivity index (χ4v) is 6.70. The second kappa shape index (κ2) is 12.9. The van der Waals surface area contributed by atoms with Crippen molar-refractivity contribution in [2.45, 2.75) is 49.3 Å². The lowest BCUT2D eigenvalue weighted by Crippen LogP contribution is -2.57. The maximum atomic E-state index is 13.6. The number of amides is 1. The van der Waals surface area contributed by atoms with E-state index in [1.54, 1.807) is 24.7 Å². The number of aromatic nitrogens is 4. The molecule has 13 heteroatoms. The number of hydrogen-bond acceptors (Lipinski definition) is 10. The molecule has 1 amide bonds. The number of hydrogen-bond donors (Lipinski definition) is 2. The summed E-state index contributed by atoms with van der Waals surface area (Å²) in [5.41, 5.74) is 4.86. The summed E-state index contributed by atoms with van der Waals surface area (Å²) < 4.78 is 36.4. The summed E-state index contributed by atoms with van der Waals surface area (Å²) in [6, 6.07) is 12.0. The van der Waals surface area contributed by atoms with E-state index in [-0.39, 0.29) is 17.7 Å². The Labute approximate surface area is 234 Å². The zero-order valence-corrected chi connectivity index (χ0v) is 23.9. The summed E-state index contributed by atoms with van der Waals surface area (Å²) in [4.78, 5) is 16.2. The van der Waals surface area contributed by atoms with E-state index in [9.17, 15) is 18.4 Å². The predicted molar refractivity (Wildman–Crippen MR) is 147 cm³/mol. The molecule has 3 aromatic rings. The molecule has 4 rings (SSSR count). The molecule has 1 aromatic heterocycles. The summed E-state index contributed by atoms with van der Waals surface area (Å²) >= 11 is 0. The molecule has 216 valence electrons. The highest BCUT2D eigenvalue weighted by atomic mass is 32.2. The molecule has 0 saturated carbocycles. The van der Waals surface area contributed by atoms with Gasteiger partial charge in [-0.15, -0.1) is 10.2 Å². The van der Waals surface area contributed by atoms with E-state index in [0.717, 1.165) is 11.1 Å². The summed E-state index contributed by atoms with van der Waals surface area (Å²) in [5.74, 6) is 0.145. The fraction of sp³-hybridized carbons (Fsp3) is 0.481. The van der Waals surface area contributed by atoms with Gasteiger partial charge in [0.05, 0.1) is 24.7 Å². The SMILES string of the molecule is COCCN1CCC(C(=O)NO)(S(=O)(=O)c2ccc(OCCCn3nnc(-c4ccc(C)c(C)c4)n3)cc2)CC1. The van der Waals surface area contributed by atoms with Crippen LogP contribution in [0, 0.1) is 13.8 Å². The molecule has 1 saturated heterocycles. The lowest BCUT2D eigenvalue weighted by atomic mass is 9.95. The molecular formula is C27H36N6O6S. The number of aryl methyl sites for hydroxylation is 3. The molecule has 40 heavy (non-hydrogen) atoms. The van der Waals surface area contributed by atoms with Crippen LogP contribution in [0.2, 0.25) is 0 Å². The standard InChI is InChI=1S/C27H36N6O6S/c1-20-5-6-22(19-21(20)2)25-28-31-33(29-25)13-4-17-39-23-7-9-24(10-8-23)40(36,37)27(26(34)30-35)11-14-32(15-12-27)16-18-38-3/h5-10,19,35H,4,11-18H2,1-3H3,(H,30,34). The van der Waals surface area contributed by atoms with Crippen molar-refractivity contribution < 1.29 is 27.9 Å². The Morgan fingerprint density at radius 1 is 1.05 bits per heavy atom. The first-order valence-electron chi connectivity index (χ1n) is 13.2. The third kappa shape index (κ3) is 6.33. The molecule has 0 spiro atoms. The molecule has 1 fully saturated rings. The number of nitrogens with zero attached hydrogens (tertiary/aromatic N) is 5. The maximum Gasteiger partial charge on any atom is 0.265 e.